The van der Waals surface area contributed by atoms with E-state index in [9.17, 15) is 0 Å². The summed E-state index contributed by atoms with van der Waals surface area (Å²) in [7, 11) is 1.69. The van der Waals surface area contributed by atoms with Crippen LogP contribution in [-0.4, -0.2) is 43.2 Å². The maximum absolute atomic E-state index is 5.71. The number of hydrogen-bond acceptors (Lipinski definition) is 6. The van der Waals surface area contributed by atoms with E-state index >= 15 is 0 Å². The maximum atomic E-state index is 5.71. The zero-order valence-electron chi connectivity index (χ0n) is 16.1. The Labute approximate surface area is 165 Å². The van der Waals surface area contributed by atoms with E-state index < -0.39 is 0 Å². The standard InChI is InChI=1S/C21H27N3O2S/c1-3-24-10-8-15-14-19(21(25-2)22-18(15)9-11-24)23-27-17-6-7-20-16(13-17)5-4-12-26-20/h6-7,13-14,23H,3-5,8-12H2,1-2H3. The van der Waals surface area contributed by atoms with Gasteiger partial charge in [0, 0.05) is 30.1 Å². The van der Waals surface area contributed by atoms with Crippen molar-refractivity contribution in [2.75, 3.05) is 38.1 Å². The molecule has 3 heterocycles. The molecule has 1 aromatic carbocycles. The summed E-state index contributed by atoms with van der Waals surface area (Å²) in [5, 5.41) is 0. The van der Waals surface area contributed by atoms with Gasteiger partial charge in [-0.05, 0) is 73.1 Å². The van der Waals surface area contributed by atoms with Crippen LogP contribution in [0, 0.1) is 0 Å². The Kier molecular flexibility index (Phi) is 5.74. The maximum Gasteiger partial charge on any atom is 0.238 e. The van der Waals surface area contributed by atoms with Crippen LogP contribution in [0.1, 0.15) is 30.2 Å². The van der Waals surface area contributed by atoms with Crippen molar-refractivity contribution in [3.05, 3.63) is 41.1 Å². The summed E-state index contributed by atoms with van der Waals surface area (Å²) < 4.78 is 14.7. The van der Waals surface area contributed by atoms with Crippen molar-refractivity contribution in [2.24, 2.45) is 0 Å². The second kappa shape index (κ2) is 8.40. The molecule has 1 aromatic heterocycles. The number of aromatic nitrogens is 1. The van der Waals surface area contributed by atoms with Crippen LogP contribution in [0.2, 0.25) is 0 Å². The van der Waals surface area contributed by atoms with Crippen LogP contribution in [0.3, 0.4) is 0 Å². The molecule has 0 atom stereocenters. The lowest BCUT2D eigenvalue weighted by Gasteiger charge is -2.18. The minimum Gasteiger partial charge on any atom is -0.493 e. The molecule has 0 bridgehead atoms. The van der Waals surface area contributed by atoms with E-state index in [1.807, 2.05) is 0 Å². The van der Waals surface area contributed by atoms with E-state index in [1.165, 1.54) is 21.7 Å². The molecule has 4 rings (SSSR count). The number of aryl methyl sites for hydroxylation is 1. The van der Waals surface area contributed by atoms with Gasteiger partial charge in [0.1, 0.15) is 11.4 Å². The molecule has 27 heavy (non-hydrogen) atoms. The minimum atomic E-state index is 0.674. The second-order valence-electron chi connectivity index (χ2n) is 7.01. The monoisotopic (exact) mass is 385 g/mol. The van der Waals surface area contributed by atoms with Crippen LogP contribution < -0.4 is 14.2 Å². The summed E-state index contributed by atoms with van der Waals surface area (Å²) in [5.74, 6) is 1.70. The van der Waals surface area contributed by atoms with Crippen molar-refractivity contribution >= 4 is 17.6 Å². The van der Waals surface area contributed by atoms with Crippen LogP contribution in [0.25, 0.3) is 0 Å². The van der Waals surface area contributed by atoms with Gasteiger partial charge in [0.2, 0.25) is 5.88 Å². The molecule has 2 aliphatic rings. The summed E-state index contributed by atoms with van der Waals surface area (Å²) in [6.45, 7) is 6.30. The second-order valence-corrected chi connectivity index (χ2v) is 7.89. The van der Waals surface area contributed by atoms with Crippen LogP contribution in [-0.2, 0) is 19.3 Å². The number of likely N-dealkylation sites (N-methyl/N-ethyl adjacent to an activating group) is 1. The summed E-state index contributed by atoms with van der Waals surface area (Å²) in [6, 6.07) is 8.61. The van der Waals surface area contributed by atoms with Gasteiger partial charge in [-0.3, -0.25) is 0 Å². The predicted octanol–water partition coefficient (Wildman–Crippen LogP) is 3.95. The smallest absolute Gasteiger partial charge is 0.238 e. The minimum absolute atomic E-state index is 0.674. The van der Waals surface area contributed by atoms with Gasteiger partial charge in [-0.25, -0.2) is 4.98 Å². The molecule has 0 amide bonds. The third-order valence-corrected chi connectivity index (χ3v) is 6.13. The Morgan fingerprint density at radius 3 is 2.93 bits per heavy atom. The van der Waals surface area contributed by atoms with Crippen molar-refractivity contribution in [1.29, 1.82) is 0 Å². The van der Waals surface area contributed by atoms with Gasteiger partial charge in [-0.15, -0.1) is 0 Å². The first-order valence-corrected chi connectivity index (χ1v) is 10.6. The van der Waals surface area contributed by atoms with Gasteiger partial charge >= 0.3 is 0 Å². The Bertz CT molecular complexity index is 812. The topological polar surface area (TPSA) is 46.6 Å². The molecule has 0 unspecified atom stereocenters. The van der Waals surface area contributed by atoms with E-state index in [0.717, 1.165) is 63.4 Å². The third-order valence-electron chi connectivity index (χ3n) is 5.32. The average molecular weight is 386 g/mol. The quantitative estimate of drug-likeness (QED) is 0.787. The number of rotatable bonds is 5. The molecule has 144 valence electrons. The average Bonchev–Trinajstić information content (AvgIpc) is 2.93. The Morgan fingerprint density at radius 2 is 2.07 bits per heavy atom. The lowest BCUT2D eigenvalue weighted by molar-refractivity contribution is 0.288. The molecule has 2 aromatic rings. The summed E-state index contributed by atoms with van der Waals surface area (Å²) in [5.41, 5.74) is 4.73. The largest absolute Gasteiger partial charge is 0.493 e. The number of benzene rings is 1. The van der Waals surface area contributed by atoms with Gasteiger partial charge < -0.3 is 19.1 Å². The fourth-order valence-corrected chi connectivity index (χ4v) is 4.43. The molecule has 5 nitrogen and oxygen atoms in total. The van der Waals surface area contributed by atoms with Gasteiger partial charge in [0.15, 0.2) is 0 Å². The van der Waals surface area contributed by atoms with Crippen LogP contribution in [0.15, 0.2) is 29.2 Å². The number of fused-ring (bicyclic) bond motifs is 2. The van der Waals surface area contributed by atoms with Crippen molar-refractivity contribution in [3.8, 4) is 11.6 Å². The Balaban J connectivity index is 1.51. The number of hydrogen-bond donors (Lipinski definition) is 1. The number of methoxy groups -OCH3 is 1. The number of nitrogens with zero attached hydrogens (tertiary/aromatic N) is 2. The van der Waals surface area contributed by atoms with Crippen molar-refractivity contribution in [3.63, 3.8) is 0 Å². The van der Waals surface area contributed by atoms with E-state index in [4.69, 9.17) is 14.5 Å². The summed E-state index contributed by atoms with van der Waals surface area (Å²) in [6.07, 6.45) is 4.20. The Hall–Kier alpha value is -1.92. The third kappa shape index (κ3) is 4.17. The molecule has 6 heteroatoms. The number of pyridine rings is 1. The molecule has 2 aliphatic heterocycles. The molecule has 0 saturated heterocycles. The van der Waals surface area contributed by atoms with E-state index in [0.29, 0.717) is 5.88 Å². The molecule has 0 radical (unpaired) electrons. The van der Waals surface area contributed by atoms with Crippen LogP contribution in [0.5, 0.6) is 11.6 Å². The van der Waals surface area contributed by atoms with Crippen molar-refractivity contribution < 1.29 is 9.47 Å². The molecular weight excluding hydrogens is 358 g/mol. The van der Waals surface area contributed by atoms with Gasteiger partial charge in [0.05, 0.1) is 13.7 Å². The summed E-state index contributed by atoms with van der Waals surface area (Å²) in [4.78, 5) is 8.45. The molecule has 0 spiro atoms. The van der Waals surface area contributed by atoms with Gasteiger partial charge in [-0.2, -0.15) is 0 Å². The fraction of sp³-hybridized carbons (Fsp3) is 0.476. The van der Waals surface area contributed by atoms with Crippen LogP contribution in [0.4, 0.5) is 5.69 Å². The first-order chi connectivity index (χ1) is 13.3. The molecule has 0 aliphatic carbocycles. The highest BCUT2D eigenvalue weighted by atomic mass is 32.2. The first-order valence-electron chi connectivity index (χ1n) is 9.74. The van der Waals surface area contributed by atoms with E-state index in [2.05, 4.69) is 40.8 Å². The predicted molar refractivity (Wildman–Crippen MR) is 110 cm³/mol. The van der Waals surface area contributed by atoms with Gasteiger partial charge in [0.25, 0.3) is 0 Å². The Morgan fingerprint density at radius 1 is 1.19 bits per heavy atom. The highest BCUT2D eigenvalue weighted by molar-refractivity contribution is 8.00. The molecule has 0 fully saturated rings. The number of nitrogens with one attached hydrogen (secondary N) is 1. The lowest BCUT2D eigenvalue weighted by Crippen LogP contribution is -2.25. The summed E-state index contributed by atoms with van der Waals surface area (Å²) >= 11 is 1.60. The van der Waals surface area contributed by atoms with Crippen molar-refractivity contribution in [1.82, 2.24) is 9.88 Å². The fourth-order valence-electron chi connectivity index (χ4n) is 3.72. The highest BCUT2D eigenvalue weighted by Gasteiger charge is 2.18. The van der Waals surface area contributed by atoms with E-state index in [-0.39, 0.29) is 0 Å². The van der Waals surface area contributed by atoms with Crippen molar-refractivity contribution in [2.45, 2.75) is 37.5 Å². The molecule has 1 N–H and O–H groups in total. The highest BCUT2D eigenvalue weighted by Crippen LogP contribution is 2.33. The first kappa shape index (κ1) is 18.4. The molecular formula is C21H27N3O2S. The zero-order chi connectivity index (χ0) is 18.6. The lowest BCUT2D eigenvalue weighted by atomic mass is 10.1. The number of anilines is 1. The SMILES string of the molecule is CCN1CCc2cc(NSc3ccc4c(c3)CCCO4)c(OC)nc2CC1. The van der Waals surface area contributed by atoms with Crippen LogP contribution >= 0.6 is 11.9 Å². The van der Waals surface area contributed by atoms with E-state index in [1.54, 1.807) is 19.1 Å². The normalized spacial score (nSPS) is 16.7. The van der Waals surface area contributed by atoms with Gasteiger partial charge in [-0.1, -0.05) is 6.92 Å². The number of ether oxygens (including phenoxy) is 2. The zero-order valence-corrected chi connectivity index (χ0v) is 16.9. The molecule has 0 saturated carbocycles.